The molecule has 20 heavy (non-hydrogen) atoms. The van der Waals surface area contributed by atoms with E-state index in [9.17, 15) is 0 Å². The third-order valence-electron chi connectivity index (χ3n) is 4.80. The number of rotatable bonds is 4. The van der Waals surface area contributed by atoms with Gasteiger partial charge in [-0.3, -0.25) is 0 Å². The van der Waals surface area contributed by atoms with Crippen molar-refractivity contribution in [2.24, 2.45) is 5.41 Å². The van der Waals surface area contributed by atoms with Crippen molar-refractivity contribution in [1.82, 2.24) is 9.97 Å². The highest BCUT2D eigenvalue weighted by atomic mass is 16.5. The number of nitriles is 1. The summed E-state index contributed by atoms with van der Waals surface area (Å²) in [6.45, 7) is 2.83. The average molecular weight is 272 g/mol. The molecule has 5 heteroatoms. The highest BCUT2D eigenvalue weighted by Gasteiger charge is 2.56. The van der Waals surface area contributed by atoms with Gasteiger partial charge in [0.2, 0.25) is 0 Å². The molecule has 0 bridgehead atoms. The predicted molar refractivity (Wildman–Crippen MR) is 75.1 cm³/mol. The Labute approximate surface area is 119 Å². The SMILES string of the molecule is CCO[C@@H]1C[C@@H](Nc2nccnc2C#N)C12CCCC2. The highest BCUT2D eigenvalue weighted by Crippen LogP contribution is 2.55. The molecule has 0 amide bonds. The molecule has 2 atom stereocenters. The van der Waals surface area contributed by atoms with Gasteiger partial charge in [-0.1, -0.05) is 12.8 Å². The standard InChI is InChI=1S/C15H20N4O/c1-2-20-13-9-12(15(13)5-3-4-6-15)19-14-11(10-16)17-7-8-18-14/h7-8,12-13H,2-6,9H2,1H3,(H,18,19)/t12-,13-/m1/s1. The summed E-state index contributed by atoms with van der Waals surface area (Å²) < 4.78 is 5.90. The number of anilines is 1. The van der Waals surface area contributed by atoms with Crippen LogP contribution in [0.1, 0.15) is 44.7 Å². The normalized spacial score (nSPS) is 27.0. The Bertz CT molecular complexity index is 519. The largest absolute Gasteiger partial charge is 0.378 e. The second-order valence-corrected chi connectivity index (χ2v) is 5.68. The first-order valence-corrected chi connectivity index (χ1v) is 7.39. The van der Waals surface area contributed by atoms with Crippen LogP contribution < -0.4 is 5.32 Å². The van der Waals surface area contributed by atoms with Crippen molar-refractivity contribution in [3.05, 3.63) is 18.1 Å². The second kappa shape index (κ2) is 5.37. The Hall–Kier alpha value is -1.67. The van der Waals surface area contributed by atoms with Gasteiger partial charge in [-0.15, -0.1) is 0 Å². The van der Waals surface area contributed by atoms with E-state index in [2.05, 4.69) is 28.3 Å². The molecule has 3 rings (SSSR count). The van der Waals surface area contributed by atoms with Gasteiger partial charge in [0, 0.05) is 30.5 Å². The van der Waals surface area contributed by atoms with Crippen LogP contribution >= 0.6 is 0 Å². The third-order valence-corrected chi connectivity index (χ3v) is 4.80. The van der Waals surface area contributed by atoms with Crippen molar-refractivity contribution >= 4 is 5.82 Å². The van der Waals surface area contributed by atoms with Gasteiger partial charge in [0.1, 0.15) is 6.07 Å². The van der Waals surface area contributed by atoms with Gasteiger partial charge in [-0.2, -0.15) is 5.26 Å². The average Bonchev–Trinajstić information content (AvgIpc) is 2.99. The van der Waals surface area contributed by atoms with Gasteiger partial charge in [0.05, 0.1) is 6.10 Å². The third kappa shape index (κ3) is 2.04. The van der Waals surface area contributed by atoms with Crippen LogP contribution in [0.5, 0.6) is 0 Å². The molecule has 106 valence electrons. The first kappa shape index (κ1) is 13.3. The van der Waals surface area contributed by atoms with E-state index in [1.54, 1.807) is 12.4 Å². The maximum Gasteiger partial charge on any atom is 0.182 e. The van der Waals surface area contributed by atoms with E-state index in [1.807, 2.05) is 0 Å². The zero-order valence-electron chi connectivity index (χ0n) is 11.8. The van der Waals surface area contributed by atoms with Crippen LogP contribution in [0.2, 0.25) is 0 Å². The molecule has 1 spiro atoms. The Morgan fingerprint density at radius 3 is 2.85 bits per heavy atom. The molecule has 1 aromatic heterocycles. The lowest BCUT2D eigenvalue weighted by Gasteiger charge is -2.54. The fraction of sp³-hybridized carbons (Fsp3) is 0.667. The zero-order chi connectivity index (χ0) is 14.0. The Balaban J connectivity index is 1.77. The lowest BCUT2D eigenvalue weighted by Crippen LogP contribution is -2.60. The highest BCUT2D eigenvalue weighted by molar-refractivity contribution is 5.48. The quantitative estimate of drug-likeness (QED) is 0.911. The van der Waals surface area contributed by atoms with Crippen molar-refractivity contribution in [2.45, 2.75) is 51.2 Å². The molecule has 2 saturated carbocycles. The van der Waals surface area contributed by atoms with Crippen molar-refractivity contribution in [3.63, 3.8) is 0 Å². The van der Waals surface area contributed by atoms with E-state index in [0.717, 1.165) is 13.0 Å². The first-order chi connectivity index (χ1) is 9.80. The van der Waals surface area contributed by atoms with Gasteiger partial charge < -0.3 is 10.1 Å². The summed E-state index contributed by atoms with van der Waals surface area (Å²) in [5, 5.41) is 12.5. The van der Waals surface area contributed by atoms with Crippen molar-refractivity contribution < 1.29 is 4.74 Å². The maximum atomic E-state index is 9.10. The van der Waals surface area contributed by atoms with Gasteiger partial charge in [0.15, 0.2) is 11.5 Å². The van der Waals surface area contributed by atoms with Crippen LogP contribution in [0.4, 0.5) is 5.82 Å². The van der Waals surface area contributed by atoms with Gasteiger partial charge >= 0.3 is 0 Å². The Kier molecular flexibility index (Phi) is 3.58. The van der Waals surface area contributed by atoms with E-state index in [-0.39, 0.29) is 5.41 Å². The number of hydrogen-bond acceptors (Lipinski definition) is 5. The molecule has 1 aromatic rings. The van der Waals surface area contributed by atoms with Crippen LogP contribution in [0.15, 0.2) is 12.4 Å². The van der Waals surface area contributed by atoms with Crippen molar-refractivity contribution in [2.75, 3.05) is 11.9 Å². The lowest BCUT2D eigenvalue weighted by molar-refractivity contribution is -0.114. The first-order valence-electron chi connectivity index (χ1n) is 7.39. The van der Waals surface area contributed by atoms with Gasteiger partial charge in [-0.05, 0) is 26.2 Å². The molecule has 2 aliphatic carbocycles. The summed E-state index contributed by atoms with van der Waals surface area (Å²) >= 11 is 0. The molecule has 0 radical (unpaired) electrons. The molecule has 1 heterocycles. The molecule has 0 unspecified atom stereocenters. The molecule has 1 N–H and O–H groups in total. The number of aromatic nitrogens is 2. The zero-order valence-corrected chi connectivity index (χ0v) is 11.8. The summed E-state index contributed by atoms with van der Waals surface area (Å²) in [6, 6.07) is 2.45. The molecular weight excluding hydrogens is 252 g/mol. The van der Waals surface area contributed by atoms with Crippen LogP contribution in [0.3, 0.4) is 0 Å². The monoisotopic (exact) mass is 272 g/mol. The summed E-state index contributed by atoms with van der Waals surface area (Å²) in [7, 11) is 0. The number of hydrogen-bond donors (Lipinski definition) is 1. The summed E-state index contributed by atoms with van der Waals surface area (Å²) in [6.07, 6.45) is 9.49. The van der Waals surface area contributed by atoms with E-state index >= 15 is 0 Å². The minimum absolute atomic E-state index is 0.236. The molecule has 2 aliphatic rings. The maximum absolute atomic E-state index is 9.10. The van der Waals surface area contributed by atoms with E-state index in [1.165, 1.54) is 25.7 Å². The summed E-state index contributed by atoms with van der Waals surface area (Å²) in [4.78, 5) is 8.32. The summed E-state index contributed by atoms with van der Waals surface area (Å²) in [5.41, 5.74) is 0.612. The topological polar surface area (TPSA) is 70.8 Å². The number of nitrogens with one attached hydrogen (secondary N) is 1. The fourth-order valence-electron chi connectivity index (χ4n) is 3.78. The fourth-order valence-corrected chi connectivity index (χ4v) is 3.78. The molecule has 0 aromatic carbocycles. The minimum atomic E-state index is 0.236. The van der Waals surface area contributed by atoms with E-state index in [4.69, 9.17) is 10.00 Å². The molecule has 0 aliphatic heterocycles. The second-order valence-electron chi connectivity index (χ2n) is 5.68. The van der Waals surface area contributed by atoms with Crippen LogP contribution in [0, 0.1) is 16.7 Å². The van der Waals surface area contributed by atoms with E-state index < -0.39 is 0 Å². The minimum Gasteiger partial charge on any atom is -0.378 e. The van der Waals surface area contributed by atoms with Crippen molar-refractivity contribution in [3.8, 4) is 6.07 Å². The van der Waals surface area contributed by atoms with Gasteiger partial charge in [0.25, 0.3) is 0 Å². The Morgan fingerprint density at radius 1 is 1.40 bits per heavy atom. The van der Waals surface area contributed by atoms with Crippen molar-refractivity contribution in [1.29, 1.82) is 5.26 Å². The summed E-state index contributed by atoms with van der Waals surface area (Å²) in [5.74, 6) is 0.612. The van der Waals surface area contributed by atoms with Crippen LogP contribution in [-0.2, 0) is 4.74 Å². The number of nitrogens with zero attached hydrogens (tertiary/aromatic N) is 3. The lowest BCUT2D eigenvalue weighted by atomic mass is 9.60. The van der Waals surface area contributed by atoms with Crippen LogP contribution in [0.25, 0.3) is 0 Å². The smallest absolute Gasteiger partial charge is 0.182 e. The van der Waals surface area contributed by atoms with Crippen LogP contribution in [-0.4, -0.2) is 28.7 Å². The Morgan fingerprint density at radius 2 is 2.15 bits per heavy atom. The molecule has 0 saturated heterocycles. The molecular formula is C15H20N4O. The van der Waals surface area contributed by atoms with Gasteiger partial charge in [-0.25, -0.2) is 9.97 Å². The number of ether oxygens (including phenoxy) is 1. The molecule has 5 nitrogen and oxygen atoms in total. The van der Waals surface area contributed by atoms with E-state index in [0.29, 0.717) is 23.7 Å². The molecule has 2 fully saturated rings. The predicted octanol–water partition coefficient (Wildman–Crippen LogP) is 2.50.